The third kappa shape index (κ3) is 8.83. The Morgan fingerprint density at radius 1 is 1.25 bits per heavy atom. The van der Waals surface area contributed by atoms with E-state index in [0.717, 1.165) is 11.3 Å². The molecule has 3 amide bonds. The Balaban J connectivity index is 0.000000694. The highest BCUT2D eigenvalue weighted by molar-refractivity contribution is 7.86. The summed E-state index contributed by atoms with van der Waals surface area (Å²) in [6.07, 6.45) is 8.43. The molecule has 260 valence electrons. The van der Waals surface area contributed by atoms with Crippen molar-refractivity contribution in [1.82, 2.24) is 19.8 Å². The first-order chi connectivity index (χ1) is 22.5. The number of hydrogen-bond acceptors (Lipinski definition) is 13. The lowest BCUT2D eigenvalue weighted by Gasteiger charge is -2.49. The molecular formula is C26H28F3N7O10S2. The van der Waals surface area contributed by atoms with E-state index in [1.807, 2.05) is 17.8 Å². The highest BCUT2D eigenvalue weighted by atomic mass is 32.2. The van der Waals surface area contributed by atoms with Crippen LogP contribution < -0.4 is 15.2 Å². The minimum Gasteiger partial charge on any atom is -0.741 e. The molecule has 0 radical (unpaired) electrons. The zero-order valence-electron chi connectivity index (χ0n) is 25.1. The number of fused-ring (bicyclic) bond motifs is 1. The fraction of sp³-hybridized carbons (Fsp3) is 0.346. The maximum atomic E-state index is 13.3. The Hall–Kier alpha value is -5.09. The van der Waals surface area contributed by atoms with Crippen LogP contribution in [0.3, 0.4) is 0 Å². The summed E-state index contributed by atoms with van der Waals surface area (Å²) in [4.78, 5) is 61.7. The van der Waals surface area contributed by atoms with Gasteiger partial charge < -0.3 is 24.2 Å². The molecule has 2 N–H and O–H groups in total. The standard InChI is InChI=1S/C25H27N7O7S.CHF3O3S/c1-5-11-38-23(35)20-17(31-10-9-30(3)14-31)8-7-16-19(22(34)32(16)20)27-21(33)18(29-37-4)15-13-40-24(26-15)28-25(36)39-12-6-2;2-1(3,4)8(5,6)7/h5-6,9-10,13-14,16,19H,1-2,7-8,11-12H2,3-4H3,(H-,26,27,28,33,36);(H,5,6,7)/t16?,19-;/m1./s1. The number of esters is 1. The van der Waals surface area contributed by atoms with E-state index in [1.165, 1.54) is 29.5 Å². The second-order valence-corrected chi connectivity index (χ2v) is 11.7. The van der Waals surface area contributed by atoms with Crippen LogP contribution in [0.15, 0.2) is 60.3 Å². The van der Waals surface area contributed by atoms with Crippen LogP contribution in [-0.4, -0.2) is 94.9 Å². The van der Waals surface area contributed by atoms with E-state index in [1.54, 1.807) is 17.1 Å². The van der Waals surface area contributed by atoms with Crippen LogP contribution in [0.4, 0.5) is 23.1 Å². The van der Waals surface area contributed by atoms with Gasteiger partial charge in [0.2, 0.25) is 6.33 Å². The first kappa shape index (κ1) is 37.4. The molecule has 48 heavy (non-hydrogen) atoms. The SMILES string of the molecule is C=CCOC(=O)Nc1nc(C(=NOC)C(=O)N[C@H]2C(=O)N3C(C(=O)OCC=C)=C(n4cc[n+](C)c4)CCC23)cs1.O=S(=O)([O-])C(F)(F)F. The number of nitrogens with one attached hydrogen (secondary N) is 2. The van der Waals surface area contributed by atoms with E-state index in [0.29, 0.717) is 18.5 Å². The Bertz CT molecular complexity index is 1750. The Kier molecular flexibility index (Phi) is 12.2. The second-order valence-electron chi connectivity index (χ2n) is 9.51. The van der Waals surface area contributed by atoms with Gasteiger partial charge in [0, 0.05) is 11.8 Å². The number of ether oxygens (including phenoxy) is 2. The second kappa shape index (κ2) is 15.7. The largest absolute Gasteiger partial charge is 0.741 e. The number of allylic oxidation sites excluding steroid dienone is 1. The van der Waals surface area contributed by atoms with E-state index in [9.17, 15) is 32.3 Å². The number of carbonyl (C=O) groups excluding carboxylic acids is 4. The van der Waals surface area contributed by atoms with E-state index in [4.69, 9.17) is 27.3 Å². The number of oxime groups is 1. The molecule has 2 aliphatic heterocycles. The molecule has 17 nitrogen and oxygen atoms in total. The fourth-order valence-corrected chi connectivity index (χ4v) is 4.98. The van der Waals surface area contributed by atoms with Gasteiger partial charge in [0.25, 0.3) is 11.8 Å². The van der Waals surface area contributed by atoms with E-state index >= 15 is 0 Å². The van der Waals surface area contributed by atoms with E-state index in [-0.39, 0.29) is 35.4 Å². The van der Waals surface area contributed by atoms with Crippen molar-refractivity contribution in [3.8, 4) is 0 Å². The highest BCUT2D eigenvalue weighted by Gasteiger charge is 2.55. The zero-order chi connectivity index (χ0) is 35.8. The number of aromatic nitrogens is 3. The lowest BCUT2D eigenvalue weighted by molar-refractivity contribution is -0.670. The molecule has 0 bridgehead atoms. The quantitative estimate of drug-likeness (QED) is 0.0488. The topological polar surface area (TPSA) is 215 Å². The van der Waals surface area contributed by atoms with Crippen molar-refractivity contribution in [2.24, 2.45) is 12.2 Å². The van der Waals surface area contributed by atoms with Crippen LogP contribution in [0, 0.1) is 0 Å². The van der Waals surface area contributed by atoms with Gasteiger partial charge in [-0.3, -0.25) is 19.8 Å². The average molecular weight is 720 g/mol. The van der Waals surface area contributed by atoms with Gasteiger partial charge in [-0.1, -0.05) is 30.5 Å². The zero-order valence-corrected chi connectivity index (χ0v) is 26.8. The van der Waals surface area contributed by atoms with Crippen molar-refractivity contribution >= 4 is 61.9 Å². The minimum atomic E-state index is -6.09. The summed E-state index contributed by atoms with van der Waals surface area (Å²) in [6.45, 7) is 7.03. The summed E-state index contributed by atoms with van der Waals surface area (Å²) in [7, 11) is -2.99. The maximum Gasteiger partial charge on any atom is 0.485 e. The highest BCUT2D eigenvalue weighted by Crippen LogP contribution is 2.39. The van der Waals surface area contributed by atoms with Gasteiger partial charge in [-0.25, -0.2) is 32.1 Å². The number of amides is 3. The summed E-state index contributed by atoms with van der Waals surface area (Å²) < 4.78 is 72.6. The maximum absolute atomic E-state index is 13.3. The molecule has 0 aliphatic carbocycles. The third-order valence-electron chi connectivity index (χ3n) is 6.27. The van der Waals surface area contributed by atoms with Crippen molar-refractivity contribution in [3.63, 3.8) is 0 Å². The number of thiazole rings is 1. The number of halogens is 3. The molecular weight excluding hydrogens is 691 g/mol. The van der Waals surface area contributed by atoms with Crippen molar-refractivity contribution in [2.75, 3.05) is 25.6 Å². The Morgan fingerprint density at radius 2 is 1.90 bits per heavy atom. The molecule has 4 rings (SSSR count). The van der Waals surface area contributed by atoms with Crippen molar-refractivity contribution in [2.45, 2.75) is 30.4 Å². The van der Waals surface area contributed by atoms with Crippen molar-refractivity contribution in [1.29, 1.82) is 0 Å². The van der Waals surface area contributed by atoms with Gasteiger partial charge in [-0.2, -0.15) is 13.2 Å². The number of alkyl halides is 3. The number of carbonyl (C=O) groups is 4. The van der Waals surface area contributed by atoms with Crippen LogP contribution in [0.5, 0.6) is 0 Å². The number of nitrogens with zero attached hydrogens (tertiary/aromatic N) is 5. The molecule has 1 unspecified atom stereocenters. The number of β-lactam (4-membered cyclic amide) rings is 1. The molecule has 1 fully saturated rings. The number of imidazole rings is 1. The summed E-state index contributed by atoms with van der Waals surface area (Å²) in [6, 6.07) is -1.39. The number of anilines is 1. The minimum absolute atomic E-state index is 0.0186. The molecule has 0 aromatic carbocycles. The van der Waals surface area contributed by atoms with Crippen LogP contribution in [0.2, 0.25) is 0 Å². The molecule has 1 saturated heterocycles. The molecule has 22 heteroatoms. The average Bonchev–Trinajstić information content (AvgIpc) is 3.67. The first-order valence-corrected chi connectivity index (χ1v) is 15.6. The molecule has 0 spiro atoms. The number of hydrogen-bond donors (Lipinski definition) is 2. The summed E-state index contributed by atoms with van der Waals surface area (Å²) in [5.41, 5.74) is -5.00. The van der Waals surface area contributed by atoms with Gasteiger partial charge in [-0.05, 0) is 6.42 Å². The number of aryl methyl sites for hydroxylation is 1. The summed E-state index contributed by atoms with van der Waals surface area (Å²) in [5.74, 6) is -1.85. The van der Waals surface area contributed by atoms with Gasteiger partial charge in [0.1, 0.15) is 50.2 Å². The normalized spacial score (nSPS) is 17.6. The van der Waals surface area contributed by atoms with Crippen molar-refractivity contribution < 1.29 is 64.2 Å². The van der Waals surface area contributed by atoms with E-state index in [2.05, 4.69) is 33.9 Å². The lowest BCUT2D eigenvalue weighted by Crippen LogP contribution is -2.72. The van der Waals surface area contributed by atoms with Gasteiger partial charge in [0.05, 0.1) is 13.1 Å². The van der Waals surface area contributed by atoms with Crippen LogP contribution in [-0.2, 0) is 45.9 Å². The van der Waals surface area contributed by atoms with Gasteiger partial charge in [-0.15, -0.1) is 11.3 Å². The van der Waals surface area contributed by atoms with Gasteiger partial charge >= 0.3 is 17.6 Å². The Labute approximate surface area is 274 Å². The smallest absolute Gasteiger partial charge is 0.485 e. The van der Waals surface area contributed by atoms with E-state index < -0.39 is 51.6 Å². The summed E-state index contributed by atoms with van der Waals surface area (Å²) >= 11 is 1.04. The lowest BCUT2D eigenvalue weighted by atomic mass is 9.85. The van der Waals surface area contributed by atoms with Crippen molar-refractivity contribution in [3.05, 3.63) is 60.8 Å². The molecule has 2 aliphatic rings. The first-order valence-electron chi connectivity index (χ1n) is 13.4. The fourth-order valence-electron chi connectivity index (χ4n) is 4.30. The number of rotatable bonds is 11. The molecule has 2 aromatic heterocycles. The van der Waals surface area contributed by atoms with Crippen LogP contribution in [0.25, 0.3) is 5.70 Å². The van der Waals surface area contributed by atoms with Crippen LogP contribution in [0.1, 0.15) is 18.5 Å². The predicted molar refractivity (Wildman–Crippen MR) is 158 cm³/mol. The van der Waals surface area contributed by atoms with Crippen LogP contribution >= 0.6 is 11.3 Å². The molecule has 4 heterocycles. The molecule has 2 atom stereocenters. The third-order valence-corrected chi connectivity index (χ3v) is 7.60. The molecule has 0 saturated carbocycles. The molecule has 2 aromatic rings. The Morgan fingerprint density at radius 3 is 2.46 bits per heavy atom. The monoisotopic (exact) mass is 719 g/mol. The predicted octanol–water partition coefficient (Wildman–Crippen LogP) is 0.993. The van der Waals surface area contributed by atoms with Gasteiger partial charge in [0.15, 0.2) is 26.7 Å². The summed E-state index contributed by atoms with van der Waals surface area (Å²) in [5, 5.41) is 10.6.